The van der Waals surface area contributed by atoms with Gasteiger partial charge in [0.15, 0.2) is 23.5 Å². The molecule has 85 heavy (non-hydrogen) atoms. The maximum Gasteiger partial charge on any atom is 0.695 e. The Balaban J connectivity index is 1.01. The number of carbonyl (C=O) groups excluding carboxylic acids is 2. The number of H-pyrrole nitrogens is 1. The largest absolute Gasteiger partial charge is 0.695 e. The number of imidazole rings is 1. The number of hydrogen-bond donors (Lipinski definition) is 4. The van der Waals surface area contributed by atoms with Crippen LogP contribution in [0.2, 0.25) is 0 Å². The van der Waals surface area contributed by atoms with E-state index in [1.54, 1.807) is 59.3 Å². The minimum Gasteiger partial charge on any atom is -0.497 e. The molecule has 5 heterocycles. The van der Waals surface area contributed by atoms with Gasteiger partial charge in [-0.2, -0.15) is 10.2 Å². The van der Waals surface area contributed by atoms with Crippen molar-refractivity contribution >= 4 is 61.9 Å². The lowest BCUT2D eigenvalue weighted by molar-refractivity contribution is -0.118. The van der Waals surface area contributed by atoms with Crippen LogP contribution in [0, 0.1) is 35.0 Å². The van der Waals surface area contributed by atoms with E-state index in [1.807, 2.05) is 115 Å². The lowest BCUT2D eigenvalue weighted by Crippen LogP contribution is -2.37. The van der Waals surface area contributed by atoms with Gasteiger partial charge in [-0.05, 0) is 65.6 Å². The average Bonchev–Trinajstić information content (AvgIpc) is 2.68. The van der Waals surface area contributed by atoms with E-state index in [0.29, 0.717) is 40.3 Å². The van der Waals surface area contributed by atoms with Gasteiger partial charge in [0, 0.05) is 46.0 Å². The molecule has 1 aliphatic heterocycles. The Morgan fingerprint density at radius 2 is 1.51 bits per heavy atom. The zero-order valence-corrected chi connectivity index (χ0v) is 49.0. The minimum absolute atomic E-state index is 0.0232. The lowest BCUT2D eigenvalue weighted by Gasteiger charge is -2.38. The number of ether oxygens (including phenoxy) is 4. The van der Waals surface area contributed by atoms with E-state index in [9.17, 15) is 29.1 Å². The van der Waals surface area contributed by atoms with Gasteiger partial charge in [0.2, 0.25) is 11.9 Å². The molecule has 24 nitrogen and oxygen atoms in total. The van der Waals surface area contributed by atoms with Crippen molar-refractivity contribution in [3.8, 4) is 17.6 Å². The minimum atomic E-state index is -4.78. The summed E-state index contributed by atoms with van der Waals surface area (Å²) >= 11 is 0. The van der Waals surface area contributed by atoms with Crippen LogP contribution >= 0.6 is 16.1 Å². The Kier molecular flexibility index (Phi) is 18.4. The van der Waals surface area contributed by atoms with Gasteiger partial charge in [-0.15, -0.1) is 9.42 Å². The predicted octanol–water partition coefficient (Wildman–Crippen LogP) is 9.64. The van der Waals surface area contributed by atoms with Crippen molar-refractivity contribution in [3.05, 3.63) is 167 Å². The SMILES string of the molecule is COc1ccc(C(OCC2CC(n3ccc4c(NC(=O)c5ccccc5)ncnc43)C(C)C2OP(=O)(OCCC#N)OCC2OC(n3cnc4c(=O)[nH]c(NC(=O)C(C)C)nc43)C(O[P+](=O)O)C2C)(c2ccccc2)c2ccc(OC)cc2)cc1. The number of aromatic amines is 1. The third kappa shape index (κ3) is 12.7. The summed E-state index contributed by atoms with van der Waals surface area (Å²) in [5.74, 6) is -1.75. The summed E-state index contributed by atoms with van der Waals surface area (Å²) in [7, 11) is -4.84. The van der Waals surface area contributed by atoms with Crippen LogP contribution in [0.15, 0.2) is 139 Å². The highest BCUT2D eigenvalue weighted by molar-refractivity contribution is 7.48. The molecule has 1 saturated carbocycles. The Morgan fingerprint density at radius 3 is 2.14 bits per heavy atom. The fourth-order valence-electron chi connectivity index (χ4n) is 11.0. The van der Waals surface area contributed by atoms with E-state index in [1.165, 1.54) is 17.2 Å². The third-order valence-corrected chi connectivity index (χ3v) is 17.3. The predicted molar refractivity (Wildman–Crippen MR) is 310 cm³/mol. The molecule has 0 radical (unpaired) electrons. The normalized spacial score (nSPS) is 21.4. The van der Waals surface area contributed by atoms with Gasteiger partial charge < -0.3 is 28.8 Å². The maximum atomic E-state index is 15.6. The quantitative estimate of drug-likeness (QED) is 0.0248. The number of hydrogen-bond acceptors (Lipinski definition) is 18. The summed E-state index contributed by atoms with van der Waals surface area (Å²) in [5.41, 5.74) is 1.13. The molecule has 26 heteroatoms. The van der Waals surface area contributed by atoms with Gasteiger partial charge in [-0.3, -0.25) is 42.8 Å². The summed E-state index contributed by atoms with van der Waals surface area (Å²) in [5, 5.41) is 15.8. The molecule has 10 atom stereocenters. The van der Waals surface area contributed by atoms with Crippen LogP contribution < -0.4 is 25.7 Å². The second-order valence-electron chi connectivity index (χ2n) is 20.9. The monoisotopic (exact) mass is 1200 g/mol. The van der Waals surface area contributed by atoms with Crippen molar-refractivity contribution in [2.75, 3.05) is 44.7 Å². The zero-order valence-electron chi connectivity index (χ0n) is 47.2. The standard InChI is InChI=1S/C59H62N10O14P2/c1-35(2)54(70)66-58-65-53-48(56(72)67-58)63-34-69(53)57-50(82-84(73)74)37(4)47(81-57)32-80-85(75,79-29-13-27-60)83-49-36(3)46(68-28-26-45-51(61-33-62-52(45)68)64-55(71)38-14-9-7-10-15-38)30-39(49)31-78-59(40-16-11-8-12-17-40,41-18-22-43(76-5)23-19-41)42-20-24-44(77-6)25-21-42/h7-12,14-26,28,33-37,39,46-47,49-50,57H,13,29-32H2,1-6H3,(H3-,61,62,64,65,66,67,70,71,72,73,74)/p+1. The Bertz CT molecular complexity index is 3780. The van der Waals surface area contributed by atoms with Crippen molar-refractivity contribution < 1.29 is 60.7 Å². The molecule has 2 aliphatic rings. The molecular weight excluding hydrogens is 1130 g/mol. The molecular formula is C59H63N10O14P2+. The van der Waals surface area contributed by atoms with Crippen LogP contribution in [0.5, 0.6) is 11.5 Å². The first-order valence-electron chi connectivity index (χ1n) is 27.4. The number of anilines is 2. The lowest BCUT2D eigenvalue weighted by atomic mass is 9.79. The van der Waals surface area contributed by atoms with Crippen LogP contribution in [0.1, 0.15) is 79.9 Å². The van der Waals surface area contributed by atoms with E-state index in [-0.39, 0.29) is 42.7 Å². The molecule has 10 rings (SSSR count). The summed E-state index contributed by atoms with van der Waals surface area (Å²) in [4.78, 5) is 69.8. The summed E-state index contributed by atoms with van der Waals surface area (Å²) < 4.78 is 81.3. The number of carbonyl (C=O) groups is 2. The number of rotatable bonds is 24. The highest BCUT2D eigenvalue weighted by Gasteiger charge is 2.52. The zero-order chi connectivity index (χ0) is 60.0. The van der Waals surface area contributed by atoms with Gasteiger partial charge in [-0.1, -0.05) is 100 Å². The summed E-state index contributed by atoms with van der Waals surface area (Å²) in [6.45, 7) is 6.05. The Morgan fingerprint density at radius 1 is 0.847 bits per heavy atom. The molecule has 4 N–H and O–H groups in total. The molecule has 1 aliphatic carbocycles. The molecule has 4 aromatic carbocycles. The second-order valence-corrected chi connectivity index (χ2v) is 23.2. The second kappa shape index (κ2) is 26.0. The molecule has 2 fully saturated rings. The first-order chi connectivity index (χ1) is 41.0. The van der Waals surface area contributed by atoms with Gasteiger partial charge >= 0.3 is 16.1 Å². The number of nitriles is 1. The fourth-order valence-corrected chi connectivity index (χ4v) is 13.0. The van der Waals surface area contributed by atoms with Gasteiger partial charge in [0.05, 0.1) is 70.5 Å². The Hall–Kier alpha value is -8.07. The average molecular weight is 1200 g/mol. The van der Waals surface area contributed by atoms with E-state index in [0.717, 1.165) is 16.7 Å². The smallest absolute Gasteiger partial charge is 0.497 e. The van der Waals surface area contributed by atoms with Gasteiger partial charge in [0.1, 0.15) is 34.9 Å². The first kappa shape index (κ1) is 60.1. The number of nitrogens with one attached hydrogen (secondary N) is 3. The topological polar surface area (TPSA) is 304 Å². The number of benzene rings is 4. The number of methoxy groups -OCH3 is 2. The van der Waals surface area contributed by atoms with Crippen molar-refractivity contribution in [3.63, 3.8) is 0 Å². The van der Waals surface area contributed by atoms with Gasteiger partial charge in [-0.25, -0.2) is 19.5 Å². The number of phosphoric acid groups is 1. The first-order valence-corrected chi connectivity index (χ1v) is 30.0. The van der Waals surface area contributed by atoms with E-state index in [4.69, 9.17) is 42.0 Å². The van der Waals surface area contributed by atoms with Crippen LogP contribution in [0.4, 0.5) is 11.8 Å². The third-order valence-electron chi connectivity index (χ3n) is 15.5. The molecule has 8 aromatic rings. The summed E-state index contributed by atoms with van der Waals surface area (Å²) in [6, 6.07) is 37.1. The van der Waals surface area contributed by atoms with Crippen molar-refractivity contribution in [1.29, 1.82) is 5.26 Å². The molecule has 2 amide bonds. The molecule has 10 unspecified atom stereocenters. The fraction of sp³-hybridized carbons (Fsp3) is 0.356. The highest BCUT2D eigenvalue weighted by atomic mass is 31.2. The van der Waals surface area contributed by atoms with Crippen LogP contribution in [-0.4, -0.2) is 103 Å². The van der Waals surface area contributed by atoms with Crippen LogP contribution in [0.3, 0.4) is 0 Å². The molecule has 442 valence electrons. The number of nitrogens with zero attached hydrogens (tertiary/aromatic N) is 7. The molecule has 0 spiro atoms. The number of fused-ring (bicyclic) bond motifs is 2. The molecule has 4 aromatic heterocycles. The Labute approximate surface area is 489 Å². The van der Waals surface area contributed by atoms with Crippen molar-refractivity contribution in [2.24, 2.45) is 23.7 Å². The molecule has 0 bridgehead atoms. The summed E-state index contributed by atoms with van der Waals surface area (Å²) in [6.07, 6.45) is 0.117. The maximum absolute atomic E-state index is 15.6. The van der Waals surface area contributed by atoms with Gasteiger partial charge in [0.25, 0.3) is 11.5 Å². The van der Waals surface area contributed by atoms with Crippen LogP contribution in [0.25, 0.3) is 22.2 Å². The van der Waals surface area contributed by atoms with E-state index in [2.05, 4.69) is 30.6 Å². The number of aromatic nitrogens is 7. The van der Waals surface area contributed by atoms with Crippen LogP contribution in [-0.2, 0) is 47.1 Å². The van der Waals surface area contributed by atoms with E-state index >= 15 is 4.57 Å². The highest BCUT2D eigenvalue weighted by Crippen LogP contribution is 2.57. The number of amides is 2. The molecule has 1 saturated heterocycles. The van der Waals surface area contributed by atoms with E-state index < -0.39 is 94.0 Å². The number of phosphoric ester groups is 1. The van der Waals surface area contributed by atoms with Crippen molar-refractivity contribution in [1.82, 2.24) is 34.1 Å². The van der Waals surface area contributed by atoms with Crippen molar-refractivity contribution in [2.45, 2.75) is 76.7 Å².